The SMILES string of the molecule is CC(C)(OC(O)C(F)(F)F)c1ccc(Nc2nc3c(N4CCCCCC4)nccn3n2)cc1N. The largest absolute Gasteiger partial charge is 0.439 e. The zero-order chi connectivity index (χ0) is 24.5. The Morgan fingerprint density at radius 2 is 1.85 bits per heavy atom. The summed E-state index contributed by atoms with van der Waals surface area (Å²) in [6.45, 7) is 4.64. The molecule has 1 aromatic carbocycles. The molecular weight excluding hydrogens is 451 g/mol. The van der Waals surface area contributed by atoms with Crippen LogP contribution >= 0.6 is 0 Å². The summed E-state index contributed by atoms with van der Waals surface area (Å²) in [5.41, 5.74) is 6.31. The second kappa shape index (κ2) is 9.26. The number of hydrogen-bond acceptors (Lipinski definition) is 8. The Hall–Kier alpha value is -3.12. The zero-order valence-corrected chi connectivity index (χ0v) is 19.0. The smallest absolute Gasteiger partial charge is 0.398 e. The van der Waals surface area contributed by atoms with E-state index in [2.05, 4.69) is 25.3 Å². The number of alkyl halides is 3. The highest BCUT2D eigenvalue weighted by Gasteiger charge is 2.43. The number of aliphatic hydroxyl groups is 1. The fraction of sp³-hybridized carbons (Fsp3) is 0.500. The molecule has 0 amide bonds. The van der Waals surface area contributed by atoms with E-state index in [1.54, 1.807) is 35.1 Å². The molecule has 0 bridgehead atoms. The first kappa shape index (κ1) is 24.0. The van der Waals surface area contributed by atoms with Crippen molar-refractivity contribution < 1.29 is 23.0 Å². The van der Waals surface area contributed by atoms with Gasteiger partial charge in [0.2, 0.25) is 5.95 Å². The molecular formula is C22H28F3N7O2. The Balaban J connectivity index is 1.54. The van der Waals surface area contributed by atoms with Crippen LogP contribution in [-0.4, -0.2) is 50.2 Å². The topological polar surface area (TPSA) is 114 Å². The molecule has 3 aromatic rings. The number of hydrogen-bond donors (Lipinski definition) is 3. The Morgan fingerprint density at radius 1 is 1.15 bits per heavy atom. The third-order valence-electron chi connectivity index (χ3n) is 5.78. The fourth-order valence-corrected chi connectivity index (χ4v) is 4.09. The van der Waals surface area contributed by atoms with Gasteiger partial charge in [0.05, 0.1) is 5.60 Å². The summed E-state index contributed by atoms with van der Waals surface area (Å²) in [7, 11) is 0. The van der Waals surface area contributed by atoms with Gasteiger partial charge in [0.15, 0.2) is 11.5 Å². The van der Waals surface area contributed by atoms with Crippen LogP contribution in [0.5, 0.6) is 0 Å². The number of halogens is 3. The van der Waals surface area contributed by atoms with Crippen LogP contribution in [0.1, 0.15) is 45.1 Å². The van der Waals surface area contributed by atoms with Crippen LogP contribution in [0.4, 0.5) is 36.3 Å². The normalized spacial score (nSPS) is 16.5. The van der Waals surface area contributed by atoms with Gasteiger partial charge in [-0.2, -0.15) is 18.2 Å². The second-order valence-corrected chi connectivity index (χ2v) is 8.80. The molecule has 0 spiro atoms. The van der Waals surface area contributed by atoms with E-state index >= 15 is 0 Å². The molecule has 1 atom stereocenters. The van der Waals surface area contributed by atoms with Crippen LogP contribution < -0.4 is 16.0 Å². The molecule has 1 aliphatic rings. The molecule has 34 heavy (non-hydrogen) atoms. The summed E-state index contributed by atoms with van der Waals surface area (Å²) in [5, 5.41) is 16.8. The summed E-state index contributed by atoms with van der Waals surface area (Å²) < 4.78 is 44.6. The minimum atomic E-state index is -4.90. The van der Waals surface area contributed by atoms with Gasteiger partial charge in [-0.05, 0) is 38.8 Å². The van der Waals surface area contributed by atoms with Crippen LogP contribution in [0.15, 0.2) is 30.6 Å². The van der Waals surface area contributed by atoms with Gasteiger partial charge in [-0.1, -0.05) is 18.9 Å². The number of anilines is 4. The van der Waals surface area contributed by atoms with E-state index in [9.17, 15) is 18.3 Å². The number of aliphatic hydroxyl groups excluding tert-OH is 1. The first-order valence-corrected chi connectivity index (χ1v) is 11.1. The van der Waals surface area contributed by atoms with Gasteiger partial charge >= 0.3 is 6.18 Å². The summed E-state index contributed by atoms with van der Waals surface area (Å²) >= 11 is 0. The van der Waals surface area contributed by atoms with E-state index in [0.29, 0.717) is 22.8 Å². The number of fused-ring (bicyclic) bond motifs is 1. The van der Waals surface area contributed by atoms with Crippen LogP contribution in [0.3, 0.4) is 0 Å². The number of nitrogens with two attached hydrogens (primary N) is 1. The molecule has 1 saturated heterocycles. The van der Waals surface area contributed by atoms with Gasteiger partial charge < -0.3 is 25.8 Å². The minimum Gasteiger partial charge on any atom is -0.398 e. The van der Waals surface area contributed by atoms with Gasteiger partial charge in [0.1, 0.15) is 0 Å². The van der Waals surface area contributed by atoms with Crippen LogP contribution in [-0.2, 0) is 10.3 Å². The van der Waals surface area contributed by atoms with Crippen LogP contribution in [0.2, 0.25) is 0 Å². The first-order chi connectivity index (χ1) is 16.0. The average Bonchev–Trinajstić information content (AvgIpc) is 2.97. The van der Waals surface area contributed by atoms with Crippen LogP contribution in [0.25, 0.3) is 5.65 Å². The fourth-order valence-electron chi connectivity index (χ4n) is 4.09. The lowest BCUT2D eigenvalue weighted by Crippen LogP contribution is -2.38. The van der Waals surface area contributed by atoms with Gasteiger partial charge in [-0.25, -0.2) is 9.50 Å². The van der Waals surface area contributed by atoms with Crippen molar-refractivity contribution in [3.05, 3.63) is 36.2 Å². The van der Waals surface area contributed by atoms with Crippen LogP contribution in [0, 0.1) is 0 Å². The molecule has 1 aliphatic heterocycles. The minimum absolute atomic E-state index is 0.195. The van der Waals surface area contributed by atoms with Gasteiger partial charge in [-0.15, -0.1) is 5.10 Å². The van der Waals surface area contributed by atoms with E-state index in [-0.39, 0.29) is 5.69 Å². The number of benzene rings is 1. The Kier molecular flexibility index (Phi) is 6.54. The lowest BCUT2D eigenvalue weighted by atomic mass is 9.95. The molecule has 0 aliphatic carbocycles. The molecule has 1 fully saturated rings. The predicted octanol–water partition coefficient (Wildman–Crippen LogP) is 3.96. The Labute approximate surface area is 194 Å². The van der Waals surface area contributed by atoms with Crippen molar-refractivity contribution >= 4 is 28.8 Å². The summed E-state index contributed by atoms with van der Waals surface area (Å²) in [5.74, 6) is 1.11. The summed E-state index contributed by atoms with van der Waals surface area (Å²) in [6.07, 6.45) is 0.202. The average molecular weight is 480 g/mol. The second-order valence-electron chi connectivity index (χ2n) is 8.80. The van der Waals surface area contributed by atoms with Crippen molar-refractivity contribution in [3.63, 3.8) is 0 Å². The van der Waals surface area contributed by atoms with Gasteiger partial charge in [0.25, 0.3) is 6.29 Å². The highest BCUT2D eigenvalue weighted by Crippen LogP contribution is 2.35. The molecule has 12 heteroatoms. The molecule has 184 valence electrons. The molecule has 0 saturated carbocycles. The van der Waals surface area contributed by atoms with Crippen molar-refractivity contribution in [2.24, 2.45) is 0 Å². The van der Waals surface area contributed by atoms with Crippen molar-refractivity contribution in [2.75, 3.05) is 29.0 Å². The van der Waals surface area contributed by atoms with E-state index in [4.69, 9.17) is 10.5 Å². The zero-order valence-electron chi connectivity index (χ0n) is 19.0. The maximum Gasteiger partial charge on any atom is 0.439 e. The van der Waals surface area contributed by atoms with E-state index in [1.807, 2.05) is 0 Å². The summed E-state index contributed by atoms with van der Waals surface area (Å²) in [6, 6.07) is 4.73. The van der Waals surface area contributed by atoms with E-state index in [0.717, 1.165) is 31.7 Å². The molecule has 4 rings (SSSR count). The maximum absolute atomic E-state index is 12.7. The third kappa shape index (κ3) is 5.17. The Morgan fingerprint density at radius 3 is 2.50 bits per heavy atom. The van der Waals surface area contributed by atoms with Crippen molar-refractivity contribution in [1.29, 1.82) is 0 Å². The van der Waals surface area contributed by atoms with E-state index < -0.39 is 18.1 Å². The molecule has 3 heterocycles. The first-order valence-electron chi connectivity index (χ1n) is 11.1. The quantitative estimate of drug-likeness (QED) is 0.360. The lowest BCUT2D eigenvalue weighted by molar-refractivity contribution is -0.321. The summed E-state index contributed by atoms with van der Waals surface area (Å²) in [4.78, 5) is 11.3. The monoisotopic (exact) mass is 479 g/mol. The third-order valence-corrected chi connectivity index (χ3v) is 5.78. The predicted molar refractivity (Wildman–Crippen MR) is 122 cm³/mol. The van der Waals surface area contributed by atoms with Crippen molar-refractivity contribution in [3.8, 4) is 0 Å². The molecule has 4 N–H and O–H groups in total. The maximum atomic E-state index is 12.7. The molecule has 0 radical (unpaired) electrons. The van der Waals surface area contributed by atoms with Gasteiger partial charge in [0, 0.05) is 42.4 Å². The molecule has 2 aromatic heterocycles. The van der Waals surface area contributed by atoms with Crippen molar-refractivity contribution in [1.82, 2.24) is 19.6 Å². The van der Waals surface area contributed by atoms with Gasteiger partial charge in [-0.3, -0.25) is 0 Å². The number of nitrogens with one attached hydrogen (secondary N) is 1. The van der Waals surface area contributed by atoms with Crippen molar-refractivity contribution in [2.45, 2.75) is 57.6 Å². The Bertz CT molecular complexity index is 1140. The number of rotatable bonds is 6. The highest BCUT2D eigenvalue weighted by atomic mass is 19.4. The standard InChI is InChI=1S/C22H28F3N7O2/c1-21(2,34-19(33)22(23,24)25)15-8-7-14(13-16(15)26)28-20-29-18-17(27-9-12-32(18)30-20)31-10-5-3-4-6-11-31/h7-9,12-13,19,33H,3-6,10-11,26H2,1-2H3,(H,28,30). The number of ether oxygens (including phenoxy) is 1. The molecule has 9 nitrogen and oxygen atoms in total. The highest BCUT2D eigenvalue weighted by molar-refractivity contribution is 5.68. The van der Waals surface area contributed by atoms with E-state index in [1.165, 1.54) is 26.7 Å². The number of aromatic nitrogens is 4. The molecule has 1 unspecified atom stereocenters. The lowest BCUT2D eigenvalue weighted by Gasteiger charge is -2.30. The number of nitrogens with zero attached hydrogens (tertiary/aromatic N) is 5. The number of nitrogen functional groups attached to an aromatic ring is 1.